The molecule has 1 aromatic carbocycles. The molecule has 2 aromatic rings. The summed E-state index contributed by atoms with van der Waals surface area (Å²) in [6.45, 7) is 3.76. The van der Waals surface area contributed by atoms with Crippen molar-refractivity contribution >= 4 is 21.7 Å². The quantitative estimate of drug-likeness (QED) is 0.935. The van der Waals surface area contributed by atoms with E-state index < -0.39 is 10.0 Å². The second-order valence-electron chi connectivity index (χ2n) is 5.39. The summed E-state index contributed by atoms with van der Waals surface area (Å²) in [6, 6.07) is 6.76. The van der Waals surface area contributed by atoms with Gasteiger partial charge in [0, 0.05) is 13.1 Å². The lowest BCUT2D eigenvalue weighted by molar-refractivity contribution is 0.601. The largest absolute Gasteiger partial charge is 0.341 e. The highest BCUT2D eigenvalue weighted by Gasteiger charge is 2.17. The summed E-state index contributed by atoms with van der Waals surface area (Å²) in [5, 5.41) is 0. The van der Waals surface area contributed by atoms with E-state index in [1.54, 1.807) is 18.2 Å². The van der Waals surface area contributed by atoms with E-state index in [0.29, 0.717) is 11.6 Å². The van der Waals surface area contributed by atoms with Crippen molar-refractivity contribution in [2.75, 3.05) is 22.7 Å². The summed E-state index contributed by atoms with van der Waals surface area (Å²) in [4.78, 5) is 10.8. The standard InChI is InChI=1S/C15H18N4O2S/c1-12-5-4-6-14(9-12)22(20,21)18-13-10-16-15(17-11-13)19-7-2-3-8-19/h4-6,9-11,18H,2-3,7-8H2,1H3. The summed E-state index contributed by atoms with van der Waals surface area (Å²) >= 11 is 0. The summed E-state index contributed by atoms with van der Waals surface area (Å²) in [6.07, 6.45) is 5.30. The van der Waals surface area contributed by atoms with Crippen LogP contribution in [0, 0.1) is 6.92 Å². The number of anilines is 2. The average molecular weight is 318 g/mol. The van der Waals surface area contributed by atoms with Crippen LogP contribution in [0.5, 0.6) is 0 Å². The van der Waals surface area contributed by atoms with E-state index in [9.17, 15) is 8.42 Å². The maximum absolute atomic E-state index is 12.3. The SMILES string of the molecule is Cc1cccc(S(=O)(=O)Nc2cnc(N3CCCC3)nc2)c1. The van der Waals surface area contributed by atoms with Crippen molar-refractivity contribution in [3.05, 3.63) is 42.2 Å². The Kier molecular flexibility index (Phi) is 3.98. The number of sulfonamides is 1. The van der Waals surface area contributed by atoms with Gasteiger partial charge in [0.25, 0.3) is 10.0 Å². The monoisotopic (exact) mass is 318 g/mol. The maximum atomic E-state index is 12.3. The van der Waals surface area contributed by atoms with Crippen LogP contribution in [-0.2, 0) is 10.0 Å². The molecule has 1 aliphatic heterocycles. The second-order valence-corrected chi connectivity index (χ2v) is 7.07. The molecule has 7 heteroatoms. The minimum atomic E-state index is -3.61. The first kappa shape index (κ1) is 14.8. The predicted molar refractivity (Wildman–Crippen MR) is 85.5 cm³/mol. The molecule has 1 fully saturated rings. The van der Waals surface area contributed by atoms with Gasteiger partial charge >= 0.3 is 0 Å². The lowest BCUT2D eigenvalue weighted by atomic mass is 10.2. The van der Waals surface area contributed by atoms with Crippen LogP contribution in [0.15, 0.2) is 41.6 Å². The fourth-order valence-electron chi connectivity index (χ4n) is 2.45. The van der Waals surface area contributed by atoms with Gasteiger partial charge in [-0.05, 0) is 37.5 Å². The lowest BCUT2D eigenvalue weighted by Crippen LogP contribution is -2.20. The van der Waals surface area contributed by atoms with E-state index >= 15 is 0 Å². The van der Waals surface area contributed by atoms with Gasteiger partial charge in [0.15, 0.2) is 0 Å². The minimum Gasteiger partial charge on any atom is -0.341 e. The summed E-state index contributed by atoms with van der Waals surface area (Å²) in [5.41, 5.74) is 1.26. The zero-order valence-corrected chi connectivity index (χ0v) is 13.2. The Hall–Kier alpha value is -2.15. The number of hydrogen-bond donors (Lipinski definition) is 1. The molecule has 22 heavy (non-hydrogen) atoms. The molecular weight excluding hydrogens is 300 g/mol. The zero-order valence-electron chi connectivity index (χ0n) is 12.4. The Morgan fingerprint density at radius 1 is 1.14 bits per heavy atom. The predicted octanol–water partition coefficient (Wildman–Crippen LogP) is 2.19. The number of nitrogens with zero attached hydrogens (tertiary/aromatic N) is 3. The van der Waals surface area contributed by atoms with E-state index in [0.717, 1.165) is 31.5 Å². The summed E-state index contributed by atoms with van der Waals surface area (Å²) in [5.74, 6) is 0.649. The number of benzene rings is 1. The zero-order chi connectivity index (χ0) is 15.6. The maximum Gasteiger partial charge on any atom is 0.262 e. The first-order valence-corrected chi connectivity index (χ1v) is 8.69. The van der Waals surface area contributed by atoms with E-state index in [-0.39, 0.29) is 4.90 Å². The highest BCUT2D eigenvalue weighted by molar-refractivity contribution is 7.92. The number of hydrogen-bond acceptors (Lipinski definition) is 5. The number of aromatic nitrogens is 2. The van der Waals surface area contributed by atoms with E-state index in [2.05, 4.69) is 19.6 Å². The molecule has 0 aliphatic carbocycles. The molecule has 2 heterocycles. The third kappa shape index (κ3) is 3.19. The lowest BCUT2D eigenvalue weighted by Gasteiger charge is -2.15. The van der Waals surface area contributed by atoms with Gasteiger partial charge in [0.05, 0.1) is 23.0 Å². The second kappa shape index (κ2) is 5.92. The molecule has 0 spiro atoms. The number of nitrogens with one attached hydrogen (secondary N) is 1. The van der Waals surface area contributed by atoms with Crippen LogP contribution in [0.3, 0.4) is 0 Å². The molecule has 1 aliphatic rings. The number of rotatable bonds is 4. The summed E-state index contributed by atoms with van der Waals surface area (Å²) in [7, 11) is -3.61. The molecule has 0 saturated carbocycles. The van der Waals surface area contributed by atoms with Crippen molar-refractivity contribution in [1.82, 2.24) is 9.97 Å². The smallest absolute Gasteiger partial charge is 0.262 e. The third-order valence-electron chi connectivity index (χ3n) is 3.58. The molecule has 3 rings (SSSR count). The molecule has 0 unspecified atom stereocenters. The Labute approximate surface area is 130 Å². The average Bonchev–Trinajstić information content (AvgIpc) is 3.02. The molecule has 1 N–H and O–H groups in total. The van der Waals surface area contributed by atoms with Crippen LogP contribution in [0.2, 0.25) is 0 Å². The van der Waals surface area contributed by atoms with Gasteiger partial charge in [-0.3, -0.25) is 4.72 Å². The highest BCUT2D eigenvalue weighted by Crippen LogP contribution is 2.19. The van der Waals surface area contributed by atoms with Gasteiger partial charge in [-0.15, -0.1) is 0 Å². The molecule has 1 aromatic heterocycles. The highest BCUT2D eigenvalue weighted by atomic mass is 32.2. The van der Waals surface area contributed by atoms with Crippen LogP contribution in [0.25, 0.3) is 0 Å². The van der Waals surface area contributed by atoms with Crippen molar-refractivity contribution in [2.24, 2.45) is 0 Å². The van der Waals surface area contributed by atoms with Gasteiger partial charge in [0.2, 0.25) is 5.95 Å². The molecule has 116 valence electrons. The van der Waals surface area contributed by atoms with E-state index in [1.807, 2.05) is 13.0 Å². The Morgan fingerprint density at radius 2 is 1.82 bits per heavy atom. The Morgan fingerprint density at radius 3 is 2.45 bits per heavy atom. The van der Waals surface area contributed by atoms with Gasteiger partial charge < -0.3 is 4.90 Å². The van der Waals surface area contributed by atoms with Crippen molar-refractivity contribution in [1.29, 1.82) is 0 Å². The van der Waals surface area contributed by atoms with Crippen LogP contribution in [0.4, 0.5) is 11.6 Å². The Bertz CT molecular complexity index is 753. The first-order chi connectivity index (χ1) is 10.5. The van der Waals surface area contributed by atoms with E-state index in [4.69, 9.17) is 0 Å². The van der Waals surface area contributed by atoms with Gasteiger partial charge in [-0.1, -0.05) is 12.1 Å². The molecule has 1 saturated heterocycles. The van der Waals surface area contributed by atoms with Crippen molar-refractivity contribution < 1.29 is 8.42 Å². The first-order valence-electron chi connectivity index (χ1n) is 7.21. The normalized spacial score (nSPS) is 15.0. The van der Waals surface area contributed by atoms with Crippen molar-refractivity contribution in [3.63, 3.8) is 0 Å². The minimum absolute atomic E-state index is 0.233. The topological polar surface area (TPSA) is 75.2 Å². The van der Waals surface area contributed by atoms with Crippen molar-refractivity contribution in [2.45, 2.75) is 24.7 Å². The van der Waals surface area contributed by atoms with Crippen LogP contribution >= 0.6 is 0 Å². The van der Waals surface area contributed by atoms with Crippen LogP contribution in [0.1, 0.15) is 18.4 Å². The Balaban J connectivity index is 1.77. The molecule has 0 radical (unpaired) electrons. The third-order valence-corrected chi connectivity index (χ3v) is 4.96. The summed E-state index contributed by atoms with van der Waals surface area (Å²) < 4.78 is 27.1. The fourth-order valence-corrected chi connectivity index (χ4v) is 3.58. The molecule has 0 amide bonds. The van der Waals surface area contributed by atoms with Crippen molar-refractivity contribution in [3.8, 4) is 0 Å². The fraction of sp³-hybridized carbons (Fsp3) is 0.333. The van der Waals surface area contributed by atoms with E-state index in [1.165, 1.54) is 12.4 Å². The van der Waals surface area contributed by atoms with Crippen LogP contribution in [-0.4, -0.2) is 31.5 Å². The van der Waals surface area contributed by atoms with Crippen LogP contribution < -0.4 is 9.62 Å². The molecule has 0 bridgehead atoms. The molecule has 6 nitrogen and oxygen atoms in total. The number of aryl methyl sites for hydroxylation is 1. The molecule has 0 atom stereocenters. The van der Waals surface area contributed by atoms with Gasteiger partial charge in [-0.2, -0.15) is 0 Å². The molecular formula is C15H18N4O2S. The van der Waals surface area contributed by atoms with Gasteiger partial charge in [0.1, 0.15) is 0 Å². The van der Waals surface area contributed by atoms with Gasteiger partial charge in [-0.25, -0.2) is 18.4 Å².